The van der Waals surface area contributed by atoms with E-state index in [9.17, 15) is 0 Å². The van der Waals surface area contributed by atoms with E-state index in [4.69, 9.17) is 10.5 Å². The van der Waals surface area contributed by atoms with Gasteiger partial charge in [-0.1, -0.05) is 19.4 Å². The SMILES string of the molecule is CCCC(COC)Nc1cc(C)ccc1N. The lowest BCUT2D eigenvalue weighted by atomic mass is 10.1. The van der Waals surface area contributed by atoms with Crippen LogP contribution in [-0.4, -0.2) is 19.8 Å². The lowest BCUT2D eigenvalue weighted by molar-refractivity contribution is 0.182. The summed E-state index contributed by atoms with van der Waals surface area (Å²) in [6, 6.07) is 6.37. The van der Waals surface area contributed by atoms with Crippen LogP contribution in [0, 0.1) is 6.92 Å². The number of benzene rings is 1. The summed E-state index contributed by atoms with van der Waals surface area (Å²) in [5, 5.41) is 3.44. The fourth-order valence-corrected chi connectivity index (χ4v) is 1.76. The van der Waals surface area contributed by atoms with E-state index in [-0.39, 0.29) is 0 Å². The molecule has 0 fully saturated rings. The predicted octanol–water partition coefficient (Wildman–Crippen LogP) is 2.80. The van der Waals surface area contributed by atoms with Crippen molar-refractivity contribution >= 4 is 11.4 Å². The third kappa shape index (κ3) is 3.74. The molecule has 0 aliphatic heterocycles. The molecule has 0 aliphatic carbocycles. The second kappa shape index (κ2) is 6.38. The van der Waals surface area contributed by atoms with Gasteiger partial charge in [0.25, 0.3) is 0 Å². The van der Waals surface area contributed by atoms with Crippen molar-refractivity contribution in [1.82, 2.24) is 0 Å². The highest BCUT2D eigenvalue weighted by atomic mass is 16.5. The van der Waals surface area contributed by atoms with Crippen LogP contribution in [-0.2, 0) is 4.74 Å². The van der Waals surface area contributed by atoms with Gasteiger partial charge in [0.2, 0.25) is 0 Å². The summed E-state index contributed by atoms with van der Waals surface area (Å²) in [5.41, 5.74) is 8.94. The number of hydrogen-bond acceptors (Lipinski definition) is 3. The normalized spacial score (nSPS) is 12.4. The molecule has 1 unspecified atom stereocenters. The molecule has 0 amide bonds. The van der Waals surface area contributed by atoms with Crippen LogP contribution in [0.25, 0.3) is 0 Å². The molecule has 0 saturated heterocycles. The monoisotopic (exact) mass is 222 g/mol. The van der Waals surface area contributed by atoms with Crippen LogP contribution in [0.15, 0.2) is 18.2 Å². The van der Waals surface area contributed by atoms with Crippen LogP contribution >= 0.6 is 0 Å². The highest BCUT2D eigenvalue weighted by Gasteiger charge is 2.08. The first-order valence-corrected chi connectivity index (χ1v) is 5.79. The number of hydrogen-bond donors (Lipinski definition) is 2. The second-order valence-corrected chi connectivity index (χ2v) is 4.18. The van der Waals surface area contributed by atoms with E-state index in [1.807, 2.05) is 12.1 Å². The number of nitrogens with two attached hydrogens (primary N) is 1. The van der Waals surface area contributed by atoms with Crippen molar-refractivity contribution in [3.63, 3.8) is 0 Å². The van der Waals surface area contributed by atoms with E-state index in [1.165, 1.54) is 5.56 Å². The first-order valence-electron chi connectivity index (χ1n) is 5.79. The molecule has 1 atom stereocenters. The molecule has 1 aromatic rings. The van der Waals surface area contributed by atoms with Crippen LogP contribution < -0.4 is 11.1 Å². The van der Waals surface area contributed by atoms with E-state index in [0.717, 1.165) is 24.2 Å². The number of ether oxygens (including phenoxy) is 1. The van der Waals surface area contributed by atoms with Gasteiger partial charge in [-0.2, -0.15) is 0 Å². The van der Waals surface area contributed by atoms with Crippen molar-refractivity contribution in [3.05, 3.63) is 23.8 Å². The molecular weight excluding hydrogens is 200 g/mol. The molecule has 0 spiro atoms. The predicted molar refractivity (Wildman–Crippen MR) is 69.8 cm³/mol. The first-order chi connectivity index (χ1) is 7.67. The highest BCUT2D eigenvalue weighted by Crippen LogP contribution is 2.21. The number of nitrogen functional groups attached to an aromatic ring is 1. The molecule has 0 aromatic heterocycles. The Morgan fingerprint density at radius 1 is 1.44 bits per heavy atom. The van der Waals surface area contributed by atoms with Crippen LogP contribution in [0.4, 0.5) is 11.4 Å². The van der Waals surface area contributed by atoms with Gasteiger partial charge in [-0.3, -0.25) is 0 Å². The first kappa shape index (κ1) is 12.8. The maximum absolute atomic E-state index is 5.93. The quantitative estimate of drug-likeness (QED) is 0.728. The van der Waals surface area contributed by atoms with E-state index < -0.39 is 0 Å². The van der Waals surface area contributed by atoms with Gasteiger partial charge in [-0.15, -0.1) is 0 Å². The van der Waals surface area contributed by atoms with E-state index in [0.29, 0.717) is 12.6 Å². The molecule has 0 saturated carbocycles. The molecule has 3 N–H and O–H groups in total. The van der Waals surface area contributed by atoms with Gasteiger partial charge in [-0.05, 0) is 31.0 Å². The third-order valence-corrected chi connectivity index (χ3v) is 2.57. The minimum absolute atomic E-state index is 0.332. The topological polar surface area (TPSA) is 47.3 Å². The van der Waals surface area contributed by atoms with Crippen molar-refractivity contribution < 1.29 is 4.74 Å². The molecule has 0 radical (unpaired) electrons. The summed E-state index contributed by atoms with van der Waals surface area (Å²) >= 11 is 0. The van der Waals surface area contributed by atoms with Crippen LogP contribution in [0.2, 0.25) is 0 Å². The van der Waals surface area contributed by atoms with Crippen molar-refractivity contribution in [3.8, 4) is 0 Å². The molecule has 1 rings (SSSR count). The average molecular weight is 222 g/mol. The molecule has 1 aromatic carbocycles. The lowest BCUT2D eigenvalue weighted by Crippen LogP contribution is -2.25. The minimum Gasteiger partial charge on any atom is -0.397 e. The average Bonchev–Trinajstić information content (AvgIpc) is 2.24. The zero-order chi connectivity index (χ0) is 12.0. The number of methoxy groups -OCH3 is 1. The Balaban J connectivity index is 2.71. The third-order valence-electron chi connectivity index (χ3n) is 2.57. The zero-order valence-corrected chi connectivity index (χ0v) is 10.4. The summed E-state index contributed by atoms with van der Waals surface area (Å²) in [4.78, 5) is 0. The molecule has 0 heterocycles. The number of anilines is 2. The summed E-state index contributed by atoms with van der Waals surface area (Å²) < 4.78 is 5.20. The van der Waals surface area contributed by atoms with Crippen molar-refractivity contribution in [1.29, 1.82) is 0 Å². The Hall–Kier alpha value is -1.22. The zero-order valence-electron chi connectivity index (χ0n) is 10.4. The Labute approximate surface area is 98.0 Å². The molecule has 3 heteroatoms. The lowest BCUT2D eigenvalue weighted by Gasteiger charge is -2.20. The van der Waals surface area contributed by atoms with Gasteiger partial charge in [0.15, 0.2) is 0 Å². The second-order valence-electron chi connectivity index (χ2n) is 4.18. The minimum atomic E-state index is 0.332. The van der Waals surface area contributed by atoms with E-state index >= 15 is 0 Å². The summed E-state index contributed by atoms with van der Waals surface area (Å²) in [6.45, 7) is 4.95. The van der Waals surface area contributed by atoms with Crippen molar-refractivity contribution in [2.24, 2.45) is 0 Å². The van der Waals surface area contributed by atoms with Gasteiger partial charge in [-0.25, -0.2) is 0 Å². The largest absolute Gasteiger partial charge is 0.397 e. The molecule has 3 nitrogen and oxygen atoms in total. The fourth-order valence-electron chi connectivity index (χ4n) is 1.76. The van der Waals surface area contributed by atoms with Gasteiger partial charge < -0.3 is 15.8 Å². The van der Waals surface area contributed by atoms with E-state index in [1.54, 1.807) is 7.11 Å². The Morgan fingerprint density at radius 2 is 2.19 bits per heavy atom. The van der Waals surface area contributed by atoms with Gasteiger partial charge in [0.1, 0.15) is 0 Å². The maximum Gasteiger partial charge on any atom is 0.0664 e. The molecule has 0 aliphatic rings. The van der Waals surface area contributed by atoms with Crippen molar-refractivity contribution in [2.75, 3.05) is 24.8 Å². The summed E-state index contributed by atoms with van der Waals surface area (Å²) in [6.07, 6.45) is 2.22. The van der Waals surface area contributed by atoms with Gasteiger partial charge in [0, 0.05) is 13.2 Å². The molecule has 16 heavy (non-hydrogen) atoms. The van der Waals surface area contributed by atoms with E-state index in [2.05, 4.69) is 25.2 Å². The number of aryl methyl sites for hydroxylation is 1. The van der Waals surface area contributed by atoms with Crippen LogP contribution in [0.3, 0.4) is 0 Å². The standard InChI is InChI=1S/C13H22N2O/c1-4-5-11(9-16-3)15-13-8-10(2)6-7-12(13)14/h6-8,11,15H,4-5,9,14H2,1-3H3. The number of rotatable bonds is 6. The Bertz CT molecular complexity index is 320. The van der Waals surface area contributed by atoms with Gasteiger partial charge in [0.05, 0.1) is 18.0 Å². The molecule has 0 bridgehead atoms. The molecular formula is C13H22N2O. The van der Waals surface area contributed by atoms with Crippen molar-refractivity contribution in [2.45, 2.75) is 32.7 Å². The van der Waals surface area contributed by atoms with Gasteiger partial charge >= 0.3 is 0 Å². The smallest absolute Gasteiger partial charge is 0.0664 e. The Kier molecular flexibility index (Phi) is 5.12. The summed E-state index contributed by atoms with van der Waals surface area (Å²) in [5.74, 6) is 0. The number of nitrogens with one attached hydrogen (secondary N) is 1. The van der Waals surface area contributed by atoms with Crippen LogP contribution in [0.5, 0.6) is 0 Å². The fraction of sp³-hybridized carbons (Fsp3) is 0.538. The molecule has 90 valence electrons. The maximum atomic E-state index is 5.93. The highest BCUT2D eigenvalue weighted by molar-refractivity contribution is 5.67. The van der Waals surface area contributed by atoms with Crippen LogP contribution in [0.1, 0.15) is 25.3 Å². The Morgan fingerprint density at radius 3 is 2.81 bits per heavy atom. The summed E-state index contributed by atoms with van der Waals surface area (Å²) in [7, 11) is 1.73.